The van der Waals surface area contributed by atoms with E-state index >= 15 is 0 Å². The molecule has 4 rings (SSSR count). The van der Waals surface area contributed by atoms with E-state index in [0.717, 1.165) is 32.2 Å². The maximum absolute atomic E-state index is 5.49. The molecule has 0 amide bonds. The van der Waals surface area contributed by atoms with Gasteiger partial charge in [0.2, 0.25) is 0 Å². The van der Waals surface area contributed by atoms with Gasteiger partial charge >= 0.3 is 0 Å². The number of hydrogen-bond donors (Lipinski definition) is 0. The van der Waals surface area contributed by atoms with E-state index < -0.39 is 0 Å². The fourth-order valence-electron chi connectivity index (χ4n) is 4.25. The Bertz CT molecular complexity index is 707. The minimum absolute atomic E-state index is 0.607. The lowest BCUT2D eigenvalue weighted by atomic mass is 9.99. The Morgan fingerprint density at radius 2 is 2.08 bits per heavy atom. The van der Waals surface area contributed by atoms with Crippen molar-refractivity contribution >= 4 is 5.52 Å². The summed E-state index contributed by atoms with van der Waals surface area (Å²) >= 11 is 0. The molecule has 2 saturated heterocycles. The molecule has 0 radical (unpaired) electrons. The lowest BCUT2D eigenvalue weighted by Crippen LogP contribution is -2.52. The zero-order valence-electron chi connectivity index (χ0n) is 15.5. The molecule has 0 spiro atoms. The summed E-state index contributed by atoms with van der Waals surface area (Å²) in [6.45, 7) is 12.2. The van der Waals surface area contributed by atoms with Crippen molar-refractivity contribution in [3.05, 3.63) is 35.7 Å². The first-order valence-corrected chi connectivity index (χ1v) is 9.66. The van der Waals surface area contributed by atoms with Gasteiger partial charge in [0.15, 0.2) is 0 Å². The third-order valence-corrected chi connectivity index (χ3v) is 5.87. The van der Waals surface area contributed by atoms with E-state index in [1.54, 1.807) is 0 Å². The van der Waals surface area contributed by atoms with Gasteiger partial charge in [-0.05, 0) is 55.9 Å². The van der Waals surface area contributed by atoms with Gasteiger partial charge in [-0.1, -0.05) is 0 Å². The molecular weight excluding hydrogens is 312 g/mol. The van der Waals surface area contributed by atoms with Crippen LogP contribution in [0.1, 0.15) is 30.9 Å². The van der Waals surface area contributed by atoms with Crippen molar-refractivity contribution in [1.82, 2.24) is 19.4 Å². The SMILES string of the molecule is Cc1cnn2ccc(CN3CCN(CC4CCOCC4)C[C@@H]3C)cc12. The first kappa shape index (κ1) is 17.0. The van der Waals surface area contributed by atoms with Gasteiger partial charge in [0.1, 0.15) is 0 Å². The Balaban J connectivity index is 1.34. The lowest BCUT2D eigenvalue weighted by molar-refractivity contribution is 0.0289. The summed E-state index contributed by atoms with van der Waals surface area (Å²) in [5.41, 5.74) is 3.86. The highest BCUT2D eigenvalue weighted by molar-refractivity contribution is 5.54. The van der Waals surface area contributed by atoms with Gasteiger partial charge in [0, 0.05) is 58.2 Å². The largest absolute Gasteiger partial charge is 0.381 e. The Labute approximate surface area is 150 Å². The highest BCUT2D eigenvalue weighted by atomic mass is 16.5. The standard InChI is InChI=1S/C20H30N4O/c1-16-12-21-24-6-3-19(11-20(16)24)15-23-8-7-22(13-17(23)2)14-18-4-9-25-10-5-18/h3,6,11-12,17-18H,4-5,7-10,13-15H2,1-2H3/t17-/m0/s1. The molecule has 0 aromatic carbocycles. The molecule has 2 aliphatic rings. The molecule has 136 valence electrons. The molecule has 0 saturated carbocycles. The molecule has 2 fully saturated rings. The van der Waals surface area contributed by atoms with Crippen LogP contribution in [-0.4, -0.2) is 64.8 Å². The van der Waals surface area contributed by atoms with Crippen LogP contribution in [0.3, 0.4) is 0 Å². The number of aromatic nitrogens is 2. The van der Waals surface area contributed by atoms with Crippen LogP contribution < -0.4 is 0 Å². The Morgan fingerprint density at radius 1 is 1.24 bits per heavy atom. The van der Waals surface area contributed by atoms with Gasteiger partial charge in [-0.3, -0.25) is 4.90 Å². The molecule has 0 N–H and O–H groups in total. The summed E-state index contributed by atoms with van der Waals surface area (Å²) in [6.07, 6.45) is 6.50. The second-order valence-electron chi connectivity index (χ2n) is 7.83. The average molecular weight is 342 g/mol. The summed E-state index contributed by atoms with van der Waals surface area (Å²) in [7, 11) is 0. The highest BCUT2D eigenvalue weighted by Gasteiger charge is 2.26. The Hall–Kier alpha value is -1.43. The number of rotatable bonds is 4. The van der Waals surface area contributed by atoms with Gasteiger partial charge in [-0.25, -0.2) is 4.52 Å². The fraction of sp³-hybridized carbons (Fsp3) is 0.650. The normalized spacial score (nSPS) is 24.2. The van der Waals surface area contributed by atoms with Gasteiger partial charge in [-0.2, -0.15) is 5.10 Å². The number of ether oxygens (including phenoxy) is 1. The van der Waals surface area contributed by atoms with Gasteiger partial charge in [0.25, 0.3) is 0 Å². The predicted molar refractivity (Wildman–Crippen MR) is 99.8 cm³/mol. The van der Waals surface area contributed by atoms with E-state index in [9.17, 15) is 0 Å². The molecule has 4 heterocycles. The molecule has 5 nitrogen and oxygen atoms in total. The zero-order chi connectivity index (χ0) is 17.2. The number of hydrogen-bond acceptors (Lipinski definition) is 4. The van der Waals surface area contributed by atoms with Crippen LogP contribution in [0.2, 0.25) is 0 Å². The summed E-state index contributed by atoms with van der Waals surface area (Å²) < 4.78 is 7.46. The summed E-state index contributed by atoms with van der Waals surface area (Å²) in [4.78, 5) is 5.29. The summed E-state index contributed by atoms with van der Waals surface area (Å²) in [5.74, 6) is 0.833. The maximum Gasteiger partial charge on any atom is 0.0693 e. The molecule has 0 bridgehead atoms. The van der Waals surface area contributed by atoms with Crippen LogP contribution >= 0.6 is 0 Å². The van der Waals surface area contributed by atoms with Gasteiger partial charge in [-0.15, -0.1) is 0 Å². The van der Waals surface area contributed by atoms with Crippen LogP contribution in [0.15, 0.2) is 24.5 Å². The van der Waals surface area contributed by atoms with E-state index in [0.29, 0.717) is 6.04 Å². The second kappa shape index (κ2) is 7.44. The van der Waals surface area contributed by atoms with Crippen molar-refractivity contribution in [3.63, 3.8) is 0 Å². The van der Waals surface area contributed by atoms with Crippen molar-refractivity contribution in [3.8, 4) is 0 Å². The van der Waals surface area contributed by atoms with Crippen LogP contribution in [0.5, 0.6) is 0 Å². The number of nitrogens with zero attached hydrogens (tertiary/aromatic N) is 4. The fourth-order valence-corrected chi connectivity index (χ4v) is 4.25. The molecule has 2 aliphatic heterocycles. The zero-order valence-corrected chi connectivity index (χ0v) is 15.5. The van der Waals surface area contributed by atoms with E-state index in [2.05, 4.69) is 47.1 Å². The van der Waals surface area contributed by atoms with Crippen LogP contribution in [0.4, 0.5) is 0 Å². The first-order chi connectivity index (χ1) is 12.2. The molecule has 0 aliphatic carbocycles. The predicted octanol–water partition coefficient (Wildman–Crippen LogP) is 2.58. The van der Waals surface area contributed by atoms with Crippen LogP contribution in [-0.2, 0) is 11.3 Å². The average Bonchev–Trinajstić information content (AvgIpc) is 2.99. The quantitative estimate of drug-likeness (QED) is 0.855. The smallest absolute Gasteiger partial charge is 0.0693 e. The highest BCUT2D eigenvalue weighted by Crippen LogP contribution is 2.20. The molecule has 1 atom stereocenters. The number of aryl methyl sites for hydroxylation is 1. The first-order valence-electron chi connectivity index (χ1n) is 9.66. The van der Waals surface area contributed by atoms with E-state index in [1.807, 2.05) is 10.7 Å². The van der Waals surface area contributed by atoms with Gasteiger partial charge < -0.3 is 9.64 Å². The van der Waals surface area contributed by atoms with Crippen molar-refractivity contribution in [2.24, 2.45) is 5.92 Å². The minimum Gasteiger partial charge on any atom is -0.381 e. The van der Waals surface area contributed by atoms with Crippen molar-refractivity contribution < 1.29 is 4.74 Å². The van der Waals surface area contributed by atoms with E-state index in [1.165, 1.54) is 49.1 Å². The second-order valence-corrected chi connectivity index (χ2v) is 7.83. The number of pyridine rings is 1. The molecule has 2 aromatic rings. The Kier molecular flexibility index (Phi) is 5.06. The third kappa shape index (κ3) is 3.89. The topological polar surface area (TPSA) is 33.0 Å². The number of fused-ring (bicyclic) bond motifs is 1. The van der Waals surface area contributed by atoms with Gasteiger partial charge in [0.05, 0.1) is 11.7 Å². The molecule has 0 unspecified atom stereocenters. The maximum atomic E-state index is 5.49. The van der Waals surface area contributed by atoms with Crippen molar-refractivity contribution in [1.29, 1.82) is 0 Å². The van der Waals surface area contributed by atoms with Crippen LogP contribution in [0, 0.1) is 12.8 Å². The molecule has 2 aromatic heterocycles. The Morgan fingerprint density at radius 3 is 2.88 bits per heavy atom. The number of piperazine rings is 1. The third-order valence-electron chi connectivity index (χ3n) is 5.87. The van der Waals surface area contributed by atoms with Crippen molar-refractivity contribution in [2.45, 2.75) is 39.3 Å². The van der Waals surface area contributed by atoms with Crippen molar-refractivity contribution in [2.75, 3.05) is 39.4 Å². The summed E-state index contributed by atoms with van der Waals surface area (Å²) in [6, 6.07) is 5.11. The van der Waals surface area contributed by atoms with Crippen LogP contribution in [0.25, 0.3) is 5.52 Å². The molecular formula is C20H30N4O. The minimum atomic E-state index is 0.607. The lowest BCUT2D eigenvalue weighted by Gasteiger charge is -2.41. The van der Waals surface area contributed by atoms with E-state index in [4.69, 9.17) is 4.74 Å². The monoisotopic (exact) mass is 342 g/mol. The molecule has 5 heteroatoms. The van der Waals surface area contributed by atoms with E-state index in [-0.39, 0.29) is 0 Å². The molecule has 25 heavy (non-hydrogen) atoms. The summed E-state index contributed by atoms with van der Waals surface area (Å²) in [5, 5.41) is 4.37.